The first-order chi connectivity index (χ1) is 8.70. The zero-order valence-electron chi connectivity index (χ0n) is 10.3. The quantitative estimate of drug-likeness (QED) is 0.884. The first-order valence-corrected chi connectivity index (χ1v) is 6.99. The van der Waals surface area contributed by atoms with Crippen molar-refractivity contribution < 1.29 is 4.74 Å². The van der Waals surface area contributed by atoms with E-state index in [1.165, 1.54) is 4.88 Å². The van der Waals surface area contributed by atoms with Crippen molar-refractivity contribution in [3.63, 3.8) is 0 Å². The van der Waals surface area contributed by atoms with Gasteiger partial charge in [-0.05, 0) is 38.1 Å². The highest BCUT2D eigenvalue weighted by Gasteiger charge is 2.11. The molecule has 0 amide bonds. The summed E-state index contributed by atoms with van der Waals surface area (Å²) in [5.41, 5.74) is 0. The van der Waals surface area contributed by atoms with Gasteiger partial charge in [0, 0.05) is 11.1 Å². The molecule has 2 rings (SSSR count). The van der Waals surface area contributed by atoms with Crippen LogP contribution in [0.4, 0.5) is 5.82 Å². The number of halogens is 1. The van der Waals surface area contributed by atoms with Crippen LogP contribution >= 0.6 is 22.9 Å². The van der Waals surface area contributed by atoms with Gasteiger partial charge in [0.25, 0.3) is 0 Å². The molecule has 2 aromatic heterocycles. The van der Waals surface area contributed by atoms with Crippen LogP contribution in [0.2, 0.25) is 4.34 Å². The molecule has 0 aliphatic carbocycles. The maximum atomic E-state index is 5.94. The molecule has 2 aromatic rings. The molecule has 0 aliphatic rings. The highest BCUT2D eigenvalue weighted by Crippen LogP contribution is 2.30. The maximum Gasteiger partial charge on any atom is 0.169 e. The van der Waals surface area contributed by atoms with E-state index in [-0.39, 0.29) is 6.04 Å². The van der Waals surface area contributed by atoms with E-state index < -0.39 is 0 Å². The van der Waals surface area contributed by atoms with E-state index in [1.54, 1.807) is 17.5 Å². The van der Waals surface area contributed by atoms with Crippen molar-refractivity contribution in [2.24, 2.45) is 0 Å². The predicted octanol–water partition coefficient (Wildman–Crippen LogP) is 4.37. The standard InChI is InChI=1S/C13H15ClN2OS/c1-3-17-10-5-4-8-15-13(10)16-9(2)11-6-7-12(14)18-11/h4-9H,3H2,1-2H3,(H,15,16). The van der Waals surface area contributed by atoms with Crippen LogP contribution in [0.15, 0.2) is 30.5 Å². The molecule has 0 fully saturated rings. The molecule has 0 aliphatic heterocycles. The molecule has 18 heavy (non-hydrogen) atoms. The lowest BCUT2D eigenvalue weighted by Gasteiger charge is -2.15. The number of ether oxygens (including phenoxy) is 1. The van der Waals surface area contributed by atoms with Gasteiger partial charge in [-0.3, -0.25) is 0 Å². The first kappa shape index (κ1) is 13.2. The van der Waals surface area contributed by atoms with Crippen molar-refractivity contribution in [2.45, 2.75) is 19.9 Å². The van der Waals surface area contributed by atoms with Gasteiger partial charge in [-0.2, -0.15) is 0 Å². The van der Waals surface area contributed by atoms with Gasteiger partial charge >= 0.3 is 0 Å². The van der Waals surface area contributed by atoms with Gasteiger partial charge in [-0.1, -0.05) is 11.6 Å². The number of thiophene rings is 1. The molecule has 96 valence electrons. The molecule has 1 N–H and O–H groups in total. The average Bonchev–Trinajstić information content (AvgIpc) is 2.79. The van der Waals surface area contributed by atoms with Crippen LogP contribution in [0.5, 0.6) is 5.75 Å². The fourth-order valence-corrected chi connectivity index (χ4v) is 2.67. The Kier molecular flexibility index (Phi) is 4.44. The predicted molar refractivity (Wildman–Crippen MR) is 76.8 cm³/mol. The van der Waals surface area contributed by atoms with Crippen molar-refractivity contribution in [3.8, 4) is 5.75 Å². The molecule has 5 heteroatoms. The average molecular weight is 283 g/mol. The van der Waals surface area contributed by atoms with Crippen molar-refractivity contribution in [3.05, 3.63) is 39.7 Å². The van der Waals surface area contributed by atoms with Gasteiger partial charge in [0.15, 0.2) is 11.6 Å². The van der Waals surface area contributed by atoms with E-state index in [1.807, 2.05) is 31.2 Å². The van der Waals surface area contributed by atoms with Crippen LogP contribution in [0.3, 0.4) is 0 Å². The van der Waals surface area contributed by atoms with Crippen molar-refractivity contribution >= 4 is 28.8 Å². The van der Waals surface area contributed by atoms with E-state index in [9.17, 15) is 0 Å². The van der Waals surface area contributed by atoms with Crippen LogP contribution in [0.1, 0.15) is 24.8 Å². The molecular weight excluding hydrogens is 268 g/mol. The Bertz CT molecular complexity index is 515. The Morgan fingerprint density at radius 2 is 2.28 bits per heavy atom. The summed E-state index contributed by atoms with van der Waals surface area (Å²) in [6.45, 7) is 4.66. The number of hydrogen-bond acceptors (Lipinski definition) is 4. The summed E-state index contributed by atoms with van der Waals surface area (Å²) in [6.07, 6.45) is 1.75. The normalized spacial score (nSPS) is 12.2. The Morgan fingerprint density at radius 1 is 1.44 bits per heavy atom. The van der Waals surface area contributed by atoms with Gasteiger partial charge < -0.3 is 10.1 Å². The molecule has 0 radical (unpaired) electrons. The van der Waals surface area contributed by atoms with Gasteiger partial charge in [0.05, 0.1) is 17.0 Å². The number of hydrogen-bond donors (Lipinski definition) is 1. The fraction of sp³-hybridized carbons (Fsp3) is 0.308. The van der Waals surface area contributed by atoms with Crippen LogP contribution < -0.4 is 10.1 Å². The number of nitrogens with zero attached hydrogens (tertiary/aromatic N) is 1. The fourth-order valence-electron chi connectivity index (χ4n) is 1.61. The number of aromatic nitrogens is 1. The Morgan fingerprint density at radius 3 is 2.94 bits per heavy atom. The van der Waals surface area contributed by atoms with Crippen LogP contribution in [0.25, 0.3) is 0 Å². The molecule has 0 spiro atoms. The minimum Gasteiger partial charge on any atom is -0.490 e. The second-order valence-electron chi connectivity index (χ2n) is 3.79. The SMILES string of the molecule is CCOc1cccnc1NC(C)c1ccc(Cl)s1. The molecule has 0 saturated carbocycles. The van der Waals surface area contributed by atoms with E-state index in [0.717, 1.165) is 15.9 Å². The van der Waals surface area contributed by atoms with Gasteiger partial charge in [-0.15, -0.1) is 11.3 Å². The minimum atomic E-state index is 0.150. The van der Waals surface area contributed by atoms with Gasteiger partial charge in [-0.25, -0.2) is 4.98 Å². The molecule has 0 saturated heterocycles. The summed E-state index contributed by atoms with van der Waals surface area (Å²) in [4.78, 5) is 5.48. The summed E-state index contributed by atoms with van der Waals surface area (Å²) in [5.74, 6) is 1.53. The Labute approximate surface area is 116 Å². The van der Waals surface area contributed by atoms with Crippen LogP contribution in [-0.4, -0.2) is 11.6 Å². The third-order valence-electron chi connectivity index (χ3n) is 2.44. The summed E-state index contributed by atoms with van der Waals surface area (Å²) < 4.78 is 6.33. The number of pyridine rings is 1. The molecule has 0 aromatic carbocycles. The summed E-state index contributed by atoms with van der Waals surface area (Å²) >= 11 is 7.51. The zero-order chi connectivity index (χ0) is 13.0. The third kappa shape index (κ3) is 3.15. The van der Waals surface area contributed by atoms with Crippen LogP contribution in [0, 0.1) is 0 Å². The monoisotopic (exact) mass is 282 g/mol. The third-order valence-corrected chi connectivity index (χ3v) is 3.86. The lowest BCUT2D eigenvalue weighted by Crippen LogP contribution is -2.08. The van der Waals surface area contributed by atoms with Crippen molar-refractivity contribution in [2.75, 3.05) is 11.9 Å². The second kappa shape index (κ2) is 6.07. The number of nitrogens with one attached hydrogen (secondary N) is 1. The second-order valence-corrected chi connectivity index (χ2v) is 5.54. The molecule has 1 atom stereocenters. The first-order valence-electron chi connectivity index (χ1n) is 5.80. The van der Waals surface area contributed by atoms with Crippen molar-refractivity contribution in [1.82, 2.24) is 4.98 Å². The Hall–Kier alpha value is -1.26. The van der Waals surface area contributed by atoms with Gasteiger partial charge in [0.2, 0.25) is 0 Å². The minimum absolute atomic E-state index is 0.150. The lowest BCUT2D eigenvalue weighted by molar-refractivity contribution is 0.340. The smallest absolute Gasteiger partial charge is 0.169 e. The number of rotatable bonds is 5. The van der Waals surface area contributed by atoms with E-state index in [0.29, 0.717) is 6.61 Å². The highest BCUT2D eigenvalue weighted by atomic mass is 35.5. The summed E-state index contributed by atoms with van der Waals surface area (Å²) in [5, 5.41) is 3.34. The molecule has 1 unspecified atom stereocenters. The van der Waals surface area contributed by atoms with Crippen molar-refractivity contribution in [1.29, 1.82) is 0 Å². The Balaban J connectivity index is 2.13. The molecule has 0 bridgehead atoms. The molecule has 2 heterocycles. The van der Waals surface area contributed by atoms with E-state index in [2.05, 4.69) is 17.2 Å². The van der Waals surface area contributed by atoms with E-state index >= 15 is 0 Å². The molecule has 3 nitrogen and oxygen atoms in total. The lowest BCUT2D eigenvalue weighted by atomic mass is 10.2. The van der Waals surface area contributed by atoms with Crippen LogP contribution in [-0.2, 0) is 0 Å². The van der Waals surface area contributed by atoms with Gasteiger partial charge in [0.1, 0.15) is 0 Å². The zero-order valence-corrected chi connectivity index (χ0v) is 11.9. The summed E-state index contributed by atoms with van der Waals surface area (Å²) in [6, 6.07) is 7.85. The maximum absolute atomic E-state index is 5.94. The number of anilines is 1. The largest absolute Gasteiger partial charge is 0.490 e. The summed E-state index contributed by atoms with van der Waals surface area (Å²) in [7, 11) is 0. The molecular formula is C13H15ClN2OS. The van der Waals surface area contributed by atoms with E-state index in [4.69, 9.17) is 16.3 Å². The highest BCUT2D eigenvalue weighted by molar-refractivity contribution is 7.16. The topological polar surface area (TPSA) is 34.1 Å².